The van der Waals surface area contributed by atoms with Crippen LogP contribution in [0.25, 0.3) is 0 Å². The zero-order valence-electron chi connectivity index (χ0n) is 9.77. The zero-order valence-corrected chi connectivity index (χ0v) is 9.77. The molecule has 0 saturated heterocycles. The number of benzene rings is 1. The van der Waals surface area contributed by atoms with Crippen molar-refractivity contribution < 1.29 is 19.4 Å². The molecule has 1 aromatic rings. The molecule has 0 fully saturated rings. The highest BCUT2D eigenvalue weighted by Gasteiger charge is 2.20. The molecular formula is C12H16FNO3. The molecule has 0 aliphatic carbocycles. The van der Waals surface area contributed by atoms with Gasteiger partial charge in [0.2, 0.25) is 0 Å². The third-order valence-electron chi connectivity index (χ3n) is 2.22. The van der Waals surface area contributed by atoms with Gasteiger partial charge >= 0.3 is 5.97 Å². The molecule has 0 spiro atoms. The van der Waals surface area contributed by atoms with E-state index in [9.17, 15) is 14.3 Å². The Morgan fingerprint density at radius 3 is 2.53 bits per heavy atom. The Morgan fingerprint density at radius 2 is 2.06 bits per heavy atom. The van der Waals surface area contributed by atoms with Crippen LogP contribution in [-0.2, 0) is 4.79 Å². The van der Waals surface area contributed by atoms with Crippen molar-refractivity contribution in [3.05, 3.63) is 29.6 Å². The van der Waals surface area contributed by atoms with E-state index in [0.717, 1.165) is 12.1 Å². The minimum atomic E-state index is -1.10. The molecule has 0 aliphatic rings. The lowest BCUT2D eigenvalue weighted by molar-refractivity contribution is -0.139. The number of carboxylic acids is 1. The highest BCUT2D eigenvalue weighted by atomic mass is 19.1. The zero-order chi connectivity index (χ0) is 13.0. The van der Waals surface area contributed by atoms with E-state index in [1.54, 1.807) is 0 Å². The SMILES string of the molecule is CC(C)CNC(C(=O)O)c1cc(O)cc(F)c1. The van der Waals surface area contributed by atoms with Crippen LogP contribution in [0.5, 0.6) is 5.75 Å². The van der Waals surface area contributed by atoms with E-state index < -0.39 is 17.8 Å². The average Bonchev–Trinajstić information content (AvgIpc) is 2.14. The second-order valence-electron chi connectivity index (χ2n) is 4.32. The Kier molecular flexibility index (Phi) is 4.45. The van der Waals surface area contributed by atoms with Crippen LogP contribution in [-0.4, -0.2) is 22.7 Å². The standard InChI is InChI=1S/C12H16FNO3/c1-7(2)6-14-11(12(16)17)8-3-9(13)5-10(15)4-8/h3-5,7,11,14-15H,6H2,1-2H3,(H,16,17). The number of hydrogen-bond acceptors (Lipinski definition) is 3. The van der Waals surface area contributed by atoms with Gasteiger partial charge in [-0.3, -0.25) is 4.79 Å². The fourth-order valence-corrected chi connectivity index (χ4v) is 1.46. The summed E-state index contributed by atoms with van der Waals surface area (Å²) in [5.74, 6) is -1.76. The molecule has 0 heterocycles. The van der Waals surface area contributed by atoms with E-state index in [1.807, 2.05) is 13.8 Å². The minimum Gasteiger partial charge on any atom is -0.508 e. The number of aromatic hydroxyl groups is 1. The number of carbonyl (C=O) groups is 1. The third-order valence-corrected chi connectivity index (χ3v) is 2.22. The minimum absolute atomic E-state index is 0.204. The van der Waals surface area contributed by atoms with Gasteiger partial charge < -0.3 is 15.5 Å². The molecule has 17 heavy (non-hydrogen) atoms. The number of phenols is 1. The second kappa shape index (κ2) is 5.63. The smallest absolute Gasteiger partial charge is 0.325 e. The summed E-state index contributed by atoms with van der Waals surface area (Å²) in [4.78, 5) is 11.1. The molecule has 94 valence electrons. The molecule has 1 aromatic carbocycles. The van der Waals surface area contributed by atoms with Crippen LogP contribution in [0.4, 0.5) is 4.39 Å². The molecule has 3 N–H and O–H groups in total. The first-order chi connectivity index (χ1) is 7.90. The van der Waals surface area contributed by atoms with Crippen molar-refractivity contribution in [2.24, 2.45) is 5.92 Å². The maximum Gasteiger partial charge on any atom is 0.325 e. The molecule has 0 amide bonds. The summed E-state index contributed by atoms with van der Waals surface area (Å²) in [5, 5.41) is 21.1. The maximum absolute atomic E-state index is 13.1. The highest BCUT2D eigenvalue weighted by Crippen LogP contribution is 2.21. The number of halogens is 1. The first-order valence-electron chi connectivity index (χ1n) is 5.35. The van der Waals surface area contributed by atoms with Gasteiger partial charge in [-0.1, -0.05) is 13.8 Å². The topological polar surface area (TPSA) is 69.6 Å². The average molecular weight is 241 g/mol. The molecule has 5 heteroatoms. The van der Waals surface area contributed by atoms with E-state index >= 15 is 0 Å². The lowest BCUT2D eigenvalue weighted by Crippen LogP contribution is -2.31. The first kappa shape index (κ1) is 13.4. The fraction of sp³-hybridized carbons (Fsp3) is 0.417. The normalized spacial score (nSPS) is 12.7. The quantitative estimate of drug-likeness (QED) is 0.736. The summed E-state index contributed by atoms with van der Waals surface area (Å²) in [5.41, 5.74) is 0.204. The fourth-order valence-electron chi connectivity index (χ4n) is 1.46. The Labute approximate surface area is 99.1 Å². The van der Waals surface area contributed by atoms with Gasteiger partial charge in [0.25, 0.3) is 0 Å². The van der Waals surface area contributed by atoms with Crippen LogP contribution in [0.2, 0.25) is 0 Å². The largest absolute Gasteiger partial charge is 0.508 e. The van der Waals surface area contributed by atoms with Gasteiger partial charge in [-0.2, -0.15) is 0 Å². The van der Waals surface area contributed by atoms with Crippen molar-refractivity contribution in [3.8, 4) is 5.75 Å². The lowest BCUT2D eigenvalue weighted by Gasteiger charge is -2.16. The van der Waals surface area contributed by atoms with Gasteiger partial charge in [0.1, 0.15) is 17.6 Å². The second-order valence-corrected chi connectivity index (χ2v) is 4.32. The lowest BCUT2D eigenvalue weighted by atomic mass is 10.1. The van der Waals surface area contributed by atoms with Crippen molar-refractivity contribution in [2.75, 3.05) is 6.54 Å². The van der Waals surface area contributed by atoms with Crippen molar-refractivity contribution in [2.45, 2.75) is 19.9 Å². The summed E-state index contributed by atoms with van der Waals surface area (Å²) in [6, 6.07) is 2.27. The van der Waals surface area contributed by atoms with E-state index in [0.29, 0.717) is 6.54 Å². The molecule has 0 bridgehead atoms. The van der Waals surface area contributed by atoms with Crippen molar-refractivity contribution in [3.63, 3.8) is 0 Å². The summed E-state index contributed by atoms with van der Waals surface area (Å²) in [6.45, 7) is 4.37. The van der Waals surface area contributed by atoms with Crippen molar-refractivity contribution >= 4 is 5.97 Å². The van der Waals surface area contributed by atoms with Crippen LogP contribution >= 0.6 is 0 Å². The Morgan fingerprint density at radius 1 is 1.41 bits per heavy atom. The Bertz CT molecular complexity index is 386. The van der Waals surface area contributed by atoms with Crippen LogP contribution in [0.1, 0.15) is 25.5 Å². The van der Waals surface area contributed by atoms with Crippen molar-refractivity contribution in [1.29, 1.82) is 0 Å². The van der Waals surface area contributed by atoms with Gasteiger partial charge in [0.15, 0.2) is 0 Å². The van der Waals surface area contributed by atoms with Crippen LogP contribution in [0.15, 0.2) is 18.2 Å². The molecule has 0 aliphatic heterocycles. The van der Waals surface area contributed by atoms with E-state index in [2.05, 4.69) is 5.32 Å². The van der Waals surface area contributed by atoms with E-state index in [1.165, 1.54) is 6.07 Å². The van der Waals surface area contributed by atoms with Crippen molar-refractivity contribution in [1.82, 2.24) is 5.32 Å². The predicted octanol–water partition coefficient (Wildman–Crippen LogP) is 1.90. The summed E-state index contributed by atoms with van der Waals surface area (Å²) in [6.07, 6.45) is 0. The van der Waals surface area contributed by atoms with Gasteiger partial charge in [0, 0.05) is 6.07 Å². The Balaban J connectivity index is 2.93. The number of nitrogens with one attached hydrogen (secondary N) is 1. The maximum atomic E-state index is 13.1. The van der Waals surface area contributed by atoms with Gasteiger partial charge in [0.05, 0.1) is 0 Å². The molecule has 1 atom stereocenters. The summed E-state index contributed by atoms with van der Waals surface area (Å²) < 4.78 is 13.1. The number of aliphatic carboxylic acids is 1. The number of phenolic OH excluding ortho intramolecular Hbond substituents is 1. The number of carboxylic acid groups (broad SMARTS) is 1. The van der Waals surface area contributed by atoms with Crippen LogP contribution < -0.4 is 5.32 Å². The number of rotatable bonds is 5. The van der Waals surface area contributed by atoms with Gasteiger partial charge in [-0.25, -0.2) is 4.39 Å². The molecule has 0 radical (unpaired) electrons. The third kappa shape index (κ3) is 4.03. The van der Waals surface area contributed by atoms with Gasteiger partial charge in [-0.15, -0.1) is 0 Å². The molecule has 4 nitrogen and oxygen atoms in total. The monoisotopic (exact) mass is 241 g/mol. The molecule has 0 aromatic heterocycles. The highest BCUT2D eigenvalue weighted by molar-refractivity contribution is 5.75. The molecule has 0 saturated carbocycles. The molecule has 1 rings (SSSR count). The number of hydrogen-bond donors (Lipinski definition) is 3. The van der Waals surface area contributed by atoms with Crippen LogP contribution in [0, 0.1) is 11.7 Å². The first-order valence-corrected chi connectivity index (χ1v) is 5.35. The van der Waals surface area contributed by atoms with E-state index in [-0.39, 0.29) is 17.2 Å². The molecular weight excluding hydrogens is 225 g/mol. The summed E-state index contributed by atoms with van der Waals surface area (Å²) >= 11 is 0. The Hall–Kier alpha value is -1.62. The molecule has 1 unspecified atom stereocenters. The summed E-state index contributed by atoms with van der Waals surface area (Å²) in [7, 11) is 0. The van der Waals surface area contributed by atoms with Gasteiger partial charge in [-0.05, 0) is 30.2 Å². The van der Waals surface area contributed by atoms with Crippen LogP contribution in [0.3, 0.4) is 0 Å². The predicted molar refractivity (Wildman–Crippen MR) is 61.3 cm³/mol. The van der Waals surface area contributed by atoms with E-state index in [4.69, 9.17) is 5.11 Å².